The quantitative estimate of drug-likeness (QED) is 0.859. The van der Waals surface area contributed by atoms with Crippen LogP contribution in [0.15, 0.2) is 18.2 Å². The molecule has 1 rings (SSSR count). The molecule has 0 saturated carbocycles. The number of carboxylic acid groups (broad SMARTS) is 1. The van der Waals surface area contributed by atoms with Gasteiger partial charge in [0.2, 0.25) is 0 Å². The SMILES string of the molecule is C#CC(C)(C)Oc1cc(C(=O)O)cc(C(F)(F)F)c1. The van der Waals surface area contributed by atoms with E-state index >= 15 is 0 Å². The fourth-order valence-corrected chi connectivity index (χ4v) is 1.27. The van der Waals surface area contributed by atoms with Crippen LogP contribution >= 0.6 is 0 Å². The molecule has 102 valence electrons. The highest BCUT2D eigenvalue weighted by molar-refractivity contribution is 5.88. The van der Waals surface area contributed by atoms with E-state index < -0.39 is 28.9 Å². The van der Waals surface area contributed by atoms with Crippen molar-refractivity contribution in [2.45, 2.75) is 25.6 Å². The number of carboxylic acids is 1. The van der Waals surface area contributed by atoms with E-state index in [0.29, 0.717) is 12.1 Å². The topological polar surface area (TPSA) is 46.5 Å². The monoisotopic (exact) mass is 272 g/mol. The molecule has 0 aromatic heterocycles. The van der Waals surface area contributed by atoms with E-state index in [4.69, 9.17) is 16.3 Å². The van der Waals surface area contributed by atoms with Gasteiger partial charge in [0.1, 0.15) is 5.75 Å². The van der Waals surface area contributed by atoms with E-state index in [1.807, 2.05) is 0 Å². The maximum atomic E-state index is 12.6. The molecule has 0 bridgehead atoms. The molecule has 0 atom stereocenters. The third-order valence-corrected chi connectivity index (χ3v) is 2.20. The molecule has 0 aliphatic rings. The maximum absolute atomic E-state index is 12.6. The summed E-state index contributed by atoms with van der Waals surface area (Å²) < 4.78 is 43.1. The van der Waals surface area contributed by atoms with Crippen molar-refractivity contribution in [1.82, 2.24) is 0 Å². The molecule has 19 heavy (non-hydrogen) atoms. The molecule has 1 aromatic rings. The highest BCUT2D eigenvalue weighted by atomic mass is 19.4. The van der Waals surface area contributed by atoms with Crippen LogP contribution in [0.2, 0.25) is 0 Å². The van der Waals surface area contributed by atoms with E-state index in [2.05, 4.69) is 5.92 Å². The second kappa shape index (κ2) is 4.84. The van der Waals surface area contributed by atoms with Crippen molar-refractivity contribution >= 4 is 5.97 Å². The Kier molecular flexibility index (Phi) is 3.80. The number of hydrogen-bond donors (Lipinski definition) is 1. The number of alkyl halides is 3. The Morgan fingerprint density at radius 2 is 1.89 bits per heavy atom. The molecular weight excluding hydrogens is 261 g/mol. The van der Waals surface area contributed by atoms with Gasteiger partial charge in [-0.15, -0.1) is 6.42 Å². The minimum absolute atomic E-state index is 0.241. The lowest BCUT2D eigenvalue weighted by atomic mass is 10.1. The van der Waals surface area contributed by atoms with Gasteiger partial charge in [-0.2, -0.15) is 13.2 Å². The first-order valence-corrected chi connectivity index (χ1v) is 5.17. The summed E-state index contributed by atoms with van der Waals surface area (Å²) in [6, 6.07) is 2.25. The van der Waals surface area contributed by atoms with Crippen molar-refractivity contribution in [2.24, 2.45) is 0 Å². The third-order valence-electron chi connectivity index (χ3n) is 2.20. The summed E-state index contributed by atoms with van der Waals surface area (Å²) in [6.45, 7) is 2.96. The molecule has 0 aliphatic carbocycles. The van der Waals surface area contributed by atoms with Gasteiger partial charge < -0.3 is 9.84 Å². The van der Waals surface area contributed by atoms with Crippen molar-refractivity contribution in [3.05, 3.63) is 29.3 Å². The highest BCUT2D eigenvalue weighted by Gasteiger charge is 2.32. The lowest BCUT2D eigenvalue weighted by Gasteiger charge is -2.21. The summed E-state index contributed by atoms with van der Waals surface area (Å²) in [5.41, 5.74) is -2.76. The van der Waals surface area contributed by atoms with E-state index in [9.17, 15) is 18.0 Å². The second-order valence-electron chi connectivity index (χ2n) is 4.31. The molecule has 3 nitrogen and oxygen atoms in total. The lowest BCUT2D eigenvalue weighted by Crippen LogP contribution is -2.26. The highest BCUT2D eigenvalue weighted by Crippen LogP contribution is 2.33. The number of rotatable bonds is 3. The van der Waals surface area contributed by atoms with Crippen LogP contribution in [0.5, 0.6) is 5.75 Å². The van der Waals surface area contributed by atoms with E-state index in [1.54, 1.807) is 0 Å². The van der Waals surface area contributed by atoms with Crippen molar-refractivity contribution in [3.63, 3.8) is 0 Å². The van der Waals surface area contributed by atoms with Gasteiger partial charge in [0.15, 0.2) is 5.60 Å². The Labute approximate surface area is 108 Å². The minimum Gasteiger partial charge on any atom is -0.478 e. The van der Waals surface area contributed by atoms with Gasteiger partial charge in [0.25, 0.3) is 0 Å². The molecule has 6 heteroatoms. The van der Waals surface area contributed by atoms with Crippen LogP contribution in [0.4, 0.5) is 13.2 Å². The van der Waals surface area contributed by atoms with E-state index in [0.717, 1.165) is 6.07 Å². The average molecular weight is 272 g/mol. The van der Waals surface area contributed by atoms with E-state index in [-0.39, 0.29) is 5.75 Å². The molecule has 0 fully saturated rings. The van der Waals surface area contributed by atoms with Gasteiger partial charge in [-0.1, -0.05) is 5.92 Å². The molecule has 1 N–H and O–H groups in total. The van der Waals surface area contributed by atoms with Crippen LogP contribution in [0, 0.1) is 12.3 Å². The minimum atomic E-state index is -4.66. The van der Waals surface area contributed by atoms with Crippen LogP contribution in [-0.2, 0) is 6.18 Å². The Hall–Kier alpha value is -2.16. The molecule has 0 aliphatic heterocycles. The first-order chi connectivity index (χ1) is 8.55. The Bertz CT molecular complexity index is 539. The first kappa shape index (κ1) is 14.9. The number of carbonyl (C=O) groups is 1. The van der Waals surface area contributed by atoms with Gasteiger partial charge in [0, 0.05) is 0 Å². The number of hydrogen-bond acceptors (Lipinski definition) is 2. The predicted octanol–water partition coefficient (Wildman–Crippen LogP) is 3.19. The van der Waals surface area contributed by atoms with Gasteiger partial charge in [-0.05, 0) is 32.0 Å². The Morgan fingerprint density at radius 3 is 2.32 bits per heavy atom. The second-order valence-corrected chi connectivity index (χ2v) is 4.31. The smallest absolute Gasteiger partial charge is 0.416 e. The third kappa shape index (κ3) is 3.91. The van der Waals surface area contributed by atoms with Crippen LogP contribution in [0.25, 0.3) is 0 Å². The summed E-state index contributed by atoms with van der Waals surface area (Å²) in [5, 5.41) is 8.79. The molecule has 0 spiro atoms. The predicted molar refractivity (Wildman–Crippen MR) is 61.9 cm³/mol. The first-order valence-electron chi connectivity index (χ1n) is 5.17. The standard InChI is InChI=1S/C13H11F3O3/c1-4-12(2,3)19-10-6-8(11(17)18)5-9(7-10)13(14,15)16/h1,5-7H,2-3H3,(H,17,18). The number of ether oxygens (including phenoxy) is 1. The normalized spacial score (nSPS) is 11.8. The largest absolute Gasteiger partial charge is 0.478 e. The molecule has 1 aromatic carbocycles. The fourth-order valence-electron chi connectivity index (χ4n) is 1.27. The summed E-state index contributed by atoms with van der Waals surface area (Å²) in [7, 11) is 0. The number of benzene rings is 1. The molecule has 0 saturated heterocycles. The molecular formula is C13H11F3O3. The van der Waals surface area contributed by atoms with Crippen LogP contribution in [0.1, 0.15) is 29.8 Å². The molecule has 0 heterocycles. The van der Waals surface area contributed by atoms with Gasteiger partial charge in [-0.3, -0.25) is 0 Å². The van der Waals surface area contributed by atoms with Gasteiger partial charge in [0.05, 0.1) is 11.1 Å². The fraction of sp³-hybridized carbons (Fsp3) is 0.308. The number of halogens is 3. The van der Waals surface area contributed by atoms with Gasteiger partial charge >= 0.3 is 12.1 Å². The van der Waals surface area contributed by atoms with Crippen molar-refractivity contribution in [1.29, 1.82) is 0 Å². The number of terminal acetylenes is 1. The summed E-state index contributed by atoms with van der Waals surface area (Å²) >= 11 is 0. The van der Waals surface area contributed by atoms with Crippen molar-refractivity contribution < 1.29 is 27.8 Å². The molecule has 0 unspecified atom stereocenters. The average Bonchev–Trinajstić information content (AvgIpc) is 2.26. The molecule has 0 radical (unpaired) electrons. The Morgan fingerprint density at radius 1 is 1.32 bits per heavy atom. The Balaban J connectivity index is 3.30. The zero-order valence-corrected chi connectivity index (χ0v) is 10.2. The van der Waals surface area contributed by atoms with Crippen molar-refractivity contribution in [3.8, 4) is 18.1 Å². The summed E-state index contributed by atoms with van der Waals surface area (Å²) in [5.74, 6) is 0.528. The van der Waals surface area contributed by atoms with Crippen molar-refractivity contribution in [2.75, 3.05) is 0 Å². The zero-order valence-electron chi connectivity index (χ0n) is 10.2. The van der Waals surface area contributed by atoms with Crippen LogP contribution < -0.4 is 4.74 Å². The summed E-state index contributed by atoms with van der Waals surface area (Å²) in [6.07, 6.45) is 0.499. The van der Waals surface area contributed by atoms with E-state index in [1.165, 1.54) is 13.8 Å². The molecule has 0 amide bonds. The summed E-state index contributed by atoms with van der Waals surface area (Å²) in [4.78, 5) is 10.8. The number of aromatic carboxylic acids is 1. The van der Waals surface area contributed by atoms with Crippen LogP contribution in [0.3, 0.4) is 0 Å². The van der Waals surface area contributed by atoms with Gasteiger partial charge in [-0.25, -0.2) is 4.79 Å². The zero-order chi connectivity index (χ0) is 14.8. The lowest BCUT2D eigenvalue weighted by molar-refractivity contribution is -0.137. The maximum Gasteiger partial charge on any atom is 0.416 e. The van der Waals surface area contributed by atoms with Crippen LogP contribution in [-0.4, -0.2) is 16.7 Å².